The van der Waals surface area contributed by atoms with Crippen molar-refractivity contribution in [2.24, 2.45) is 0 Å². The Balaban J connectivity index is 1.75. The van der Waals surface area contributed by atoms with Crippen molar-refractivity contribution in [3.63, 3.8) is 0 Å². The van der Waals surface area contributed by atoms with Crippen LogP contribution in [0, 0.1) is 11.6 Å². The Morgan fingerprint density at radius 2 is 2.14 bits per heavy atom. The predicted molar refractivity (Wildman–Crippen MR) is 77.4 cm³/mol. The Morgan fingerprint density at radius 3 is 2.86 bits per heavy atom. The first-order valence-electron chi connectivity index (χ1n) is 7.25. The zero-order valence-electron chi connectivity index (χ0n) is 11.9. The van der Waals surface area contributed by atoms with Crippen LogP contribution in [0.3, 0.4) is 0 Å². The normalized spacial score (nSPS) is 18.8. The van der Waals surface area contributed by atoms with E-state index in [1.807, 2.05) is 0 Å². The number of H-pyrrole nitrogens is 1. The van der Waals surface area contributed by atoms with Crippen molar-refractivity contribution in [3.8, 4) is 0 Å². The number of aromatic nitrogens is 1. The lowest BCUT2D eigenvalue weighted by Crippen LogP contribution is -2.50. The molecule has 1 aliphatic heterocycles. The lowest BCUT2D eigenvalue weighted by Gasteiger charge is -2.34. The fourth-order valence-electron chi connectivity index (χ4n) is 2.90. The molecule has 0 saturated carbocycles. The number of amides is 1. The Hall–Kier alpha value is -2.15. The molecule has 7 heteroatoms. The van der Waals surface area contributed by atoms with Crippen LogP contribution in [0.25, 0.3) is 10.9 Å². The summed E-state index contributed by atoms with van der Waals surface area (Å²) >= 11 is 0. The molecule has 0 aliphatic carbocycles. The van der Waals surface area contributed by atoms with Gasteiger partial charge in [-0.1, -0.05) is 0 Å². The summed E-state index contributed by atoms with van der Waals surface area (Å²) in [5.41, 5.74) is 0.755. The number of piperidine rings is 1. The molecule has 0 spiro atoms. The molecule has 2 heterocycles. The number of carbonyl (C=O) groups is 1. The highest BCUT2D eigenvalue weighted by Crippen LogP contribution is 2.22. The van der Waals surface area contributed by atoms with E-state index < -0.39 is 17.7 Å². The van der Waals surface area contributed by atoms with Gasteiger partial charge < -0.3 is 10.1 Å². The molecule has 1 fully saturated rings. The quantitative estimate of drug-likeness (QED) is 0.816. The van der Waals surface area contributed by atoms with Gasteiger partial charge >= 0.3 is 6.09 Å². The van der Waals surface area contributed by atoms with Crippen LogP contribution in [0.2, 0.25) is 0 Å². The van der Waals surface area contributed by atoms with Gasteiger partial charge in [0.25, 0.3) is 0 Å². The zero-order chi connectivity index (χ0) is 15.7. The lowest BCUT2D eigenvalue weighted by molar-refractivity contribution is 0.0930. The molecule has 5 nitrogen and oxygen atoms in total. The minimum atomic E-state index is -0.953. The molecule has 1 unspecified atom stereocenters. The fourth-order valence-corrected chi connectivity index (χ4v) is 2.90. The second-order valence-electron chi connectivity index (χ2n) is 5.48. The molecule has 3 rings (SSSR count). The summed E-state index contributed by atoms with van der Waals surface area (Å²) in [6.45, 7) is 0.824. The van der Waals surface area contributed by atoms with Crippen LogP contribution in [-0.4, -0.2) is 33.8 Å². The zero-order valence-corrected chi connectivity index (χ0v) is 11.9. The van der Waals surface area contributed by atoms with E-state index >= 15 is 0 Å². The van der Waals surface area contributed by atoms with Gasteiger partial charge in [0.1, 0.15) is 11.6 Å². The molecular weight excluding hydrogens is 292 g/mol. The van der Waals surface area contributed by atoms with Gasteiger partial charge in [0, 0.05) is 24.2 Å². The first kappa shape index (κ1) is 14.8. The van der Waals surface area contributed by atoms with Gasteiger partial charge in [0.15, 0.2) is 0 Å². The predicted octanol–water partition coefficient (Wildman–Crippen LogP) is 3.03. The van der Waals surface area contributed by atoms with Gasteiger partial charge in [0.05, 0.1) is 11.7 Å². The van der Waals surface area contributed by atoms with Gasteiger partial charge in [-0.25, -0.2) is 13.6 Å². The Morgan fingerprint density at radius 1 is 1.36 bits per heavy atom. The number of aromatic amines is 1. The molecule has 1 saturated heterocycles. The molecule has 118 valence electrons. The molecule has 1 aliphatic rings. The van der Waals surface area contributed by atoms with Gasteiger partial charge in [-0.2, -0.15) is 0 Å². The Bertz CT molecular complexity index is 662. The van der Waals surface area contributed by atoms with E-state index in [2.05, 4.69) is 10.3 Å². The molecule has 1 aromatic carbocycles. The van der Waals surface area contributed by atoms with Crippen molar-refractivity contribution in [1.82, 2.24) is 15.2 Å². The van der Waals surface area contributed by atoms with Gasteiger partial charge in [-0.15, -0.1) is 0 Å². The highest BCUT2D eigenvalue weighted by Gasteiger charge is 2.25. The molecule has 0 bridgehead atoms. The third-order valence-corrected chi connectivity index (χ3v) is 4.02. The third kappa shape index (κ3) is 2.76. The van der Waals surface area contributed by atoms with Crippen LogP contribution in [0.5, 0.6) is 0 Å². The number of carboxylic acid groups (broad SMARTS) is 1. The highest BCUT2D eigenvalue weighted by atomic mass is 19.1. The number of rotatable bonds is 3. The topological polar surface area (TPSA) is 68.4 Å². The van der Waals surface area contributed by atoms with Crippen molar-refractivity contribution < 1.29 is 18.7 Å². The van der Waals surface area contributed by atoms with Crippen LogP contribution in [0.15, 0.2) is 18.2 Å². The SMILES string of the molecule is O=C(O)N1CCCCC1NCc1cc2c(F)ccc(F)c2[nH]1. The smallest absolute Gasteiger partial charge is 0.408 e. The Labute approximate surface area is 125 Å². The van der Waals surface area contributed by atoms with Crippen molar-refractivity contribution >= 4 is 17.0 Å². The van der Waals surface area contributed by atoms with E-state index in [0.29, 0.717) is 18.8 Å². The summed E-state index contributed by atoms with van der Waals surface area (Å²) in [7, 11) is 0. The van der Waals surface area contributed by atoms with Gasteiger partial charge in [0.2, 0.25) is 0 Å². The first-order valence-corrected chi connectivity index (χ1v) is 7.25. The summed E-state index contributed by atoms with van der Waals surface area (Å²) in [5.74, 6) is -0.990. The molecule has 0 radical (unpaired) electrons. The molecule has 2 aromatic rings. The van der Waals surface area contributed by atoms with Crippen LogP contribution in [0.4, 0.5) is 13.6 Å². The summed E-state index contributed by atoms with van der Waals surface area (Å²) in [5, 5.41) is 12.5. The van der Waals surface area contributed by atoms with E-state index in [9.17, 15) is 18.7 Å². The monoisotopic (exact) mass is 309 g/mol. The second-order valence-corrected chi connectivity index (χ2v) is 5.48. The third-order valence-electron chi connectivity index (χ3n) is 4.02. The number of fused-ring (bicyclic) bond motifs is 1. The van der Waals surface area contributed by atoms with E-state index in [1.165, 1.54) is 4.90 Å². The maximum Gasteiger partial charge on any atom is 0.408 e. The molecule has 1 aromatic heterocycles. The number of hydrogen-bond acceptors (Lipinski definition) is 2. The summed E-state index contributed by atoms with van der Waals surface area (Å²) in [6, 6.07) is 3.73. The van der Waals surface area contributed by atoms with E-state index in [1.54, 1.807) is 6.07 Å². The van der Waals surface area contributed by atoms with E-state index in [0.717, 1.165) is 31.4 Å². The van der Waals surface area contributed by atoms with Gasteiger partial charge in [-0.3, -0.25) is 10.2 Å². The van der Waals surface area contributed by atoms with Gasteiger partial charge in [-0.05, 0) is 37.5 Å². The van der Waals surface area contributed by atoms with Crippen molar-refractivity contribution in [2.45, 2.75) is 32.0 Å². The largest absolute Gasteiger partial charge is 0.465 e. The van der Waals surface area contributed by atoms with Crippen molar-refractivity contribution in [2.75, 3.05) is 6.54 Å². The number of halogens is 2. The lowest BCUT2D eigenvalue weighted by atomic mass is 10.1. The number of nitrogens with one attached hydrogen (secondary N) is 2. The number of likely N-dealkylation sites (tertiary alicyclic amines) is 1. The Kier molecular flexibility index (Phi) is 3.98. The summed E-state index contributed by atoms with van der Waals surface area (Å²) < 4.78 is 27.3. The maximum atomic E-state index is 13.6. The van der Waals surface area contributed by atoms with Crippen LogP contribution >= 0.6 is 0 Å². The van der Waals surface area contributed by atoms with E-state index in [-0.39, 0.29) is 17.1 Å². The fraction of sp³-hybridized carbons (Fsp3) is 0.400. The van der Waals surface area contributed by atoms with Crippen LogP contribution in [0.1, 0.15) is 25.0 Å². The van der Waals surface area contributed by atoms with Crippen molar-refractivity contribution in [1.29, 1.82) is 0 Å². The minimum absolute atomic E-state index is 0.135. The highest BCUT2D eigenvalue weighted by molar-refractivity contribution is 5.81. The second kappa shape index (κ2) is 5.92. The average Bonchev–Trinajstić information content (AvgIpc) is 2.95. The molecule has 22 heavy (non-hydrogen) atoms. The minimum Gasteiger partial charge on any atom is -0.465 e. The molecular formula is C15H17F2N3O2. The first-order chi connectivity index (χ1) is 10.6. The van der Waals surface area contributed by atoms with E-state index in [4.69, 9.17) is 0 Å². The standard InChI is InChI=1S/C15H17F2N3O2/c16-11-4-5-12(17)14-10(11)7-9(19-14)8-18-13-3-1-2-6-20(13)15(21)22/h4-5,7,13,18-19H,1-3,6,8H2,(H,21,22). The molecule has 1 atom stereocenters. The number of nitrogens with zero attached hydrogens (tertiary/aromatic N) is 1. The van der Waals surface area contributed by atoms with Crippen LogP contribution in [-0.2, 0) is 6.54 Å². The number of benzene rings is 1. The summed E-state index contributed by atoms with van der Waals surface area (Å²) in [4.78, 5) is 15.4. The number of hydrogen-bond donors (Lipinski definition) is 3. The molecule has 1 amide bonds. The van der Waals surface area contributed by atoms with Crippen molar-refractivity contribution in [3.05, 3.63) is 35.5 Å². The molecule has 3 N–H and O–H groups in total. The summed E-state index contributed by atoms with van der Waals surface area (Å²) in [6.07, 6.45) is 1.32. The maximum absolute atomic E-state index is 13.6. The van der Waals surface area contributed by atoms with Crippen LogP contribution < -0.4 is 5.32 Å². The average molecular weight is 309 g/mol.